The van der Waals surface area contributed by atoms with E-state index in [0.29, 0.717) is 0 Å². The minimum Gasteiger partial charge on any atom is -0.480 e. The lowest BCUT2D eigenvalue weighted by atomic mass is 10.3. The molecule has 0 saturated heterocycles. The third-order valence-corrected chi connectivity index (χ3v) is 2.56. The number of hydrogen-bond acceptors (Lipinski definition) is 4. The molecule has 0 unspecified atom stereocenters. The van der Waals surface area contributed by atoms with Gasteiger partial charge in [0.05, 0.1) is 12.7 Å². The Morgan fingerprint density at radius 1 is 1.67 bits per heavy atom. The Morgan fingerprint density at radius 2 is 2.27 bits per heavy atom. The third kappa shape index (κ3) is 3.14. The highest BCUT2D eigenvalue weighted by molar-refractivity contribution is 7.60. The van der Waals surface area contributed by atoms with Gasteiger partial charge in [-0.1, -0.05) is 0 Å². The first-order chi connectivity index (χ1) is 6.80. The van der Waals surface area contributed by atoms with Crippen molar-refractivity contribution in [2.75, 3.05) is 0 Å². The van der Waals surface area contributed by atoms with E-state index in [-0.39, 0.29) is 11.8 Å². The van der Waals surface area contributed by atoms with Crippen LogP contribution < -0.4 is 11.0 Å². The fourth-order valence-corrected chi connectivity index (χ4v) is 1.37. The summed E-state index contributed by atoms with van der Waals surface area (Å²) in [6.45, 7) is -0.144. The van der Waals surface area contributed by atoms with E-state index >= 15 is 0 Å². The molecule has 0 aliphatic carbocycles. The molecule has 15 heavy (non-hydrogen) atoms. The largest absolute Gasteiger partial charge is 0.480 e. The minimum absolute atomic E-state index is 0.144. The van der Waals surface area contributed by atoms with Crippen LogP contribution >= 0.6 is 7.60 Å². The maximum absolute atomic E-state index is 10.8. The second kappa shape index (κ2) is 4.11. The first kappa shape index (κ1) is 11.9. The van der Waals surface area contributed by atoms with Crippen molar-refractivity contribution in [1.82, 2.24) is 9.78 Å². The summed E-state index contributed by atoms with van der Waals surface area (Å²) in [5, 5.41) is 11.8. The second-order valence-corrected chi connectivity index (χ2v) is 4.51. The van der Waals surface area contributed by atoms with E-state index in [1.807, 2.05) is 0 Å². The average Bonchev–Trinajstić information content (AvgIpc) is 2.51. The molecule has 0 aliphatic rings. The number of carboxylic acids is 1. The highest BCUT2D eigenvalue weighted by Crippen LogP contribution is 2.32. The molecule has 8 nitrogen and oxygen atoms in total. The van der Waals surface area contributed by atoms with E-state index in [9.17, 15) is 9.36 Å². The van der Waals surface area contributed by atoms with Gasteiger partial charge in [0, 0.05) is 6.20 Å². The van der Waals surface area contributed by atoms with Gasteiger partial charge in [-0.15, -0.1) is 0 Å². The molecule has 0 aromatic carbocycles. The molecule has 5 N–H and O–H groups in total. The Kier molecular flexibility index (Phi) is 3.25. The fourth-order valence-electron chi connectivity index (χ4n) is 0.883. The fraction of sp³-hybridized carbons (Fsp3) is 0.333. The van der Waals surface area contributed by atoms with Crippen molar-refractivity contribution in [1.29, 1.82) is 0 Å². The summed E-state index contributed by atoms with van der Waals surface area (Å²) >= 11 is 0. The summed E-state index contributed by atoms with van der Waals surface area (Å²) in [6, 6.07) is -1.16. The molecule has 0 bridgehead atoms. The number of hydrogen-bond donors (Lipinski definition) is 4. The van der Waals surface area contributed by atoms with Crippen molar-refractivity contribution < 1.29 is 24.3 Å². The molecule has 0 spiro atoms. The van der Waals surface area contributed by atoms with Crippen molar-refractivity contribution in [3.05, 3.63) is 12.4 Å². The summed E-state index contributed by atoms with van der Waals surface area (Å²) in [5.74, 6) is -1.21. The van der Waals surface area contributed by atoms with Crippen LogP contribution in [0.25, 0.3) is 0 Å². The summed E-state index contributed by atoms with van der Waals surface area (Å²) < 4.78 is 11.8. The van der Waals surface area contributed by atoms with Gasteiger partial charge in [-0.3, -0.25) is 14.0 Å². The van der Waals surface area contributed by atoms with E-state index in [1.54, 1.807) is 0 Å². The zero-order valence-corrected chi connectivity index (χ0v) is 8.41. The van der Waals surface area contributed by atoms with Gasteiger partial charge in [0.2, 0.25) is 0 Å². The van der Waals surface area contributed by atoms with E-state index in [0.717, 1.165) is 17.1 Å². The molecule has 1 aromatic rings. The van der Waals surface area contributed by atoms with Gasteiger partial charge in [-0.05, 0) is 0 Å². The second-order valence-electron chi connectivity index (χ2n) is 2.91. The van der Waals surface area contributed by atoms with Crippen molar-refractivity contribution in [2.45, 2.75) is 12.6 Å². The molecule has 9 heteroatoms. The van der Waals surface area contributed by atoms with Crippen LogP contribution in [-0.4, -0.2) is 36.7 Å². The molecular formula is C6H10N3O5P. The average molecular weight is 235 g/mol. The minimum atomic E-state index is -4.34. The lowest BCUT2D eigenvalue weighted by Crippen LogP contribution is -2.34. The van der Waals surface area contributed by atoms with Gasteiger partial charge in [0.25, 0.3) is 0 Å². The highest BCUT2D eigenvalue weighted by atomic mass is 31.2. The number of nitrogens with zero attached hydrogens (tertiary/aromatic N) is 2. The highest BCUT2D eigenvalue weighted by Gasteiger charge is 2.20. The van der Waals surface area contributed by atoms with E-state index in [2.05, 4.69) is 5.10 Å². The van der Waals surface area contributed by atoms with Crippen LogP contribution in [0.15, 0.2) is 12.4 Å². The van der Waals surface area contributed by atoms with Crippen LogP contribution in [0.3, 0.4) is 0 Å². The lowest BCUT2D eigenvalue weighted by molar-refractivity contribution is -0.138. The molecular weight excluding hydrogens is 225 g/mol. The zero-order chi connectivity index (χ0) is 11.6. The molecule has 84 valence electrons. The van der Waals surface area contributed by atoms with Gasteiger partial charge in [-0.2, -0.15) is 5.10 Å². The van der Waals surface area contributed by atoms with Gasteiger partial charge >= 0.3 is 13.6 Å². The van der Waals surface area contributed by atoms with E-state index in [1.165, 1.54) is 0 Å². The van der Waals surface area contributed by atoms with Crippen LogP contribution in [-0.2, 0) is 15.9 Å². The Morgan fingerprint density at radius 3 is 2.67 bits per heavy atom. The number of aliphatic carboxylic acids is 1. The maximum atomic E-state index is 10.8. The van der Waals surface area contributed by atoms with E-state index in [4.69, 9.17) is 20.6 Å². The number of carbonyl (C=O) groups is 1. The summed E-state index contributed by atoms with van der Waals surface area (Å²) in [4.78, 5) is 27.9. The van der Waals surface area contributed by atoms with Gasteiger partial charge in [-0.25, -0.2) is 0 Å². The van der Waals surface area contributed by atoms with Gasteiger partial charge < -0.3 is 20.6 Å². The predicted octanol–water partition coefficient (Wildman–Crippen LogP) is -1.90. The summed E-state index contributed by atoms with van der Waals surface area (Å²) in [5.41, 5.74) is 5.21. The molecule has 1 heterocycles. The normalized spacial score (nSPS) is 13.8. The van der Waals surface area contributed by atoms with Crippen LogP contribution in [0, 0.1) is 0 Å². The number of rotatable bonds is 4. The predicted molar refractivity (Wildman–Crippen MR) is 49.5 cm³/mol. The SMILES string of the molecule is N[C@@H](Cn1cc(P(=O)(O)O)cn1)C(=O)O. The maximum Gasteiger partial charge on any atom is 0.359 e. The molecule has 0 aliphatic heterocycles. The molecule has 0 fully saturated rings. The molecule has 0 radical (unpaired) electrons. The standard InChI is InChI=1S/C6H10N3O5P/c7-5(6(10)11)3-9-2-4(1-8-9)15(12,13)14/h1-2,5H,3,7H2,(H,10,11)(H2,12,13,14)/t5-/m0/s1. The van der Waals surface area contributed by atoms with Gasteiger partial charge in [0.1, 0.15) is 11.3 Å². The molecule has 0 amide bonds. The van der Waals surface area contributed by atoms with Crippen LogP contribution in [0.4, 0.5) is 0 Å². The lowest BCUT2D eigenvalue weighted by Gasteiger charge is -2.05. The Labute approximate surface area is 84.5 Å². The molecule has 0 saturated carbocycles. The first-order valence-electron chi connectivity index (χ1n) is 3.87. The van der Waals surface area contributed by atoms with Crippen LogP contribution in [0.5, 0.6) is 0 Å². The number of carboxylic acid groups (broad SMARTS) is 1. The molecule has 1 rings (SSSR count). The van der Waals surface area contributed by atoms with Crippen molar-refractivity contribution in [3.63, 3.8) is 0 Å². The summed E-state index contributed by atoms with van der Waals surface area (Å²) in [6.07, 6.45) is 2.05. The molecule has 1 aromatic heterocycles. The van der Waals surface area contributed by atoms with Gasteiger partial charge in [0.15, 0.2) is 0 Å². The monoisotopic (exact) mass is 235 g/mol. The Bertz CT molecular complexity index is 411. The number of aromatic nitrogens is 2. The summed E-state index contributed by atoms with van der Waals surface area (Å²) in [7, 11) is -4.34. The third-order valence-electron chi connectivity index (χ3n) is 1.66. The van der Waals surface area contributed by atoms with Crippen LogP contribution in [0.2, 0.25) is 0 Å². The van der Waals surface area contributed by atoms with E-state index < -0.39 is 19.6 Å². The quantitative estimate of drug-likeness (QED) is 0.447. The van der Waals surface area contributed by atoms with Crippen molar-refractivity contribution in [2.24, 2.45) is 5.73 Å². The van der Waals surface area contributed by atoms with Crippen molar-refractivity contribution in [3.8, 4) is 0 Å². The Hall–Kier alpha value is -1.21. The van der Waals surface area contributed by atoms with Crippen LogP contribution in [0.1, 0.15) is 0 Å². The van der Waals surface area contributed by atoms with Crippen molar-refractivity contribution >= 4 is 18.9 Å². The first-order valence-corrected chi connectivity index (χ1v) is 5.49. The Balaban J connectivity index is 2.78. The molecule has 1 atom stereocenters. The zero-order valence-electron chi connectivity index (χ0n) is 7.52. The number of nitrogens with two attached hydrogens (primary N) is 1. The topological polar surface area (TPSA) is 139 Å². The smallest absolute Gasteiger partial charge is 0.359 e.